The number of aliphatic imine (C=N–C) groups is 1. The van der Waals surface area contributed by atoms with E-state index in [1.165, 1.54) is 18.2 Å². The average molecular weight is 446 g/mol. The Morgan fingerprint density at radius 2 is 1.87 bits per heavy atom. The first-order valence-corrected chi connectivity index (χ1v) is 12.3. The van der Waals surface area contributed by atoms with Gasteiger partial charge < -0.3 is 15.4 Å². The van der Waals surface area contributed by atoms with Crippen LogP contribution >= 0.6 is 0 Å². The summed E-state index contributed by atoms with van der Waals surface area (Å²) in [5.74, 6) is 0.443. The Kier molecular flexibility index (Phi) is 6.18. The highest BCUT2D eigenvalue weighted by molar-refractivity contribution is 7.91. The van der Waals surface area contributed by atoms with E-state index >= 15 is 0 Å². The number of fused-ring (bicyclic) bond motifs is 1. The third kappa shape index (κ3) is 4.69. The van der Waals surface area contributed by atoms with Crippen molar-refractivity contribution in [2.24, 2.45) is 4.99 Å². The number of benzene rings is 2. The molecule has 6 nitrogen and oxygen atoms in total. The first-order chi connectivity index (χ1) is 14.9. The van der Waals surface area contributed by atoms with Crippen molar-refractivity contribution in [1.82, 2.24) is 10.6 Å². The average Bonchev–Trinajstić information content (AvgIpc) is 3.20. The molecule has 4 rings (SSSR count). The number of guanidine groups is 1. The second-order valence-electron chi connectivity index (χ2n) is 8.18. The van der Waals surface area contributed by atoms with Crippen LogP contribution in [-0.4, -0.2) is 39.3 Å². The number of para-hydroxylation sites is 1. The Balaban J connectivity index is 1.43. The Hall–Kier alpha value is -2.61. The lowest BCUT2D eigenvalue weighted by atomic mass is 9.86. The normalized spacial score (nSPS) is 20.2. The number of hydrogen-bond acceptors (Lipinski definition) is 4. The van der Waals surface area contributed by atoms with E-state index in [-0.39, 0.29) is 28.8 Å². The zero-order valence-corrected chi connectivity index (χ0v) is 18.4. The summed E-state index contributed by atoms with van der Waals surface area (Å²) in [5.41, 5.74) is 0.918. The van der Waals surface area contributed by atoms with Crippen LogP contribution in [0.25, 0.3) is 0 Å². The van der Waals surface area contributed by atoms with Crippen molar-refractivity contribution in [2.45, 2.75) is 48.6 Å². The maximum atomic E-state index is 13.9. The molecule has 1 unspecified atom stereocenters. The van der Waals surface area contributed by atoms with Gasteiger partial charge in [-0.3, -0.25) is 4.99 Å². The molecule has 2 aromatic rings. The van der Waals surface area contributed by atoms with Crippen LogP contribution in [0.2, 0.25) is 0 Å². The highest BCUT2D eigenvalue weighted by Crippen LogP contribution is 2.46. The van der Waals surface area contributed by atoms with Crippen LogP contribution < -0.4 is 15.4 Å². The SMILES string of the molecule is CN=C(NCCS(=O)(=O)c1ccccc1F)NC1CC2(CCCC2)Oc2ccccc21. The number of ether oxygens (including phenoxy) is 1. The summed E-state index contributed by atoms with van der Waals surface area (Å²) in [6.07, 6.45) is 5.22. The standard InChI is InChI=1S/C23H28FN3O3S/c1-25-22(26-14-15-31(28,29)21-11-5-3-9-18(21)24)27-19-16-23(12-6-7-13-23)30-20-10-4-2-8-17(19)20/h2-5,8-11,19H,6-7,12-16H2,1H3,(H2,25,26,27). The Labute approximate surface area is 182 Å². The van der Waals surface area contributed by atoms with Crippen LogP contribution in [0.1, 0.15) is 43.7 Å². The molecule has 1 fully saturated rings. The van der Waals surface area contributed by atoms with Crippen molar-refractivity contribution < 1.29 is 17.5 Å². The molecule has 31 heavy (non-hydrogen) atoms. The van der Waals surface area contributed by atoms with Gasteiger partial charge >= 0.3 is 0 Å². The summed E-state index contributed by atoms with van der Waals surface area (Å²) in [7, 11) is -2.09. The van der Waals surface area contributed by atoms with Crippen LogP contribution in [-0.2, 0) is 9.84 Å². The Morgan fingerprint density at radius 1 is 1.16 bits per heavy atom. The summed E-state index contributed by atoms with van der Waals surface area (Å²) in [4.78, 5) is 3.99. The van der Waals surface area contributed by atoms with Gasteiger partial charge in [-0.2, -0.15) is 0 Å². The van der Waals surface area contributed by atoms with E-state index in [1.54, 1.807) is 7.05 Å². The van der Waals surface area contributed by atoms with Crippen molar-refractivity contribution in [3.05, 3.63) is 59.9 Å². The molecule has 2 N–H and O–H groups in total. The van der Waals surface area contributed by atoms with Crippen LogP contribution in [0.15, 0.2) is 58.4 Å². The highest BCUT2D eigenvalue weighted by Gasteiger charge is 2.43. The van der Waals surface area contributed by atoms with Crippen molar-refractivity contribution in [2.75, 3.05) is 19.3 Å². The van der Waals surface area contributed by atoms with E-state index in [0.29, 0.717) is 5.96 Å². The molecule has 0 saturated heterocycles. The molecule has 1 atom stereocenters. The fourth-order valence-electron chi connectivity index (χ4n) is 4.54. The molecule has 1 heterocycles. The minimum Gasteiger partial charge on any atom is -0.487 e. The Bertz CT molecular complexity index is 1070. The van der Waals surface area contributed by atoms with E-state index in [4.69, 9.17) is 4.74 Å². The Morgan fingerprint density at radius 3 is 2.61 bits per heavy atom. The second-order valence-corrected chi connectivity index (χ2v) is 10.3. The molecule has 1 saturated carbocycles. The molecule has 0 bridgehead atoms. The van der Waals surface area contributed by atoms with Gasteiger partial charge in [-0.25, -0.2) is 12.8 Å². The van der Waals surface area contributed by atoms with Crippen LogP contribution in [0, 0.1) is 5.82 Å². The molecule has 1 aliphatic heterocycles. The minimum atomic E-state index is -3.74. The molecule has 0 aromatic heterocycles. The third-order valence-corrected chi connectivity index (χ3v) is 7.82. The predicted molar refractivity (Wildman–Crippen MR) is 119 cm³/mol. The fraction of sp³-hybridized carbons (Fsp3) is 0.435. The summed E-state index contributed by atoms with van der Waals surface area (Å²) in [6, 6.07) is 13.5. The smallest absolute Gasteiger partial charge is 0.191 e. The predicted octanol–water partition coefficient (Wildman–Crippen LogP) is 3.60. The number of nitrogens with zero attached hydrogens (tertiary/aromatic N) is 1. The molecule has 0 radical (unpaired) electrons. The lowest BCUT2D eigenvalue weighted by molar-refractivity contribution is 0.0396. The fourth-order valence-corrected chi connectivity index (χ4v) is 5.78. The molecular formula is C23H28FN3O3S. The zero-order chi connectivity index (χ0) is 21.9. The van der Waals surface area contributed by atoms with Gasteiger partial charge in [-0.05, 0) is 43.9 Å². The van der Waals surface area contributed by atoms with Crippen LogP contribution in [0.3, 0.4) is 0 Å². The van der Waals surface area contributed by atoms with Crippen molar-refractivity contribution in [3.63, 3.8) is 0 Å². The number of sulfone groups is 1. The maximum absolute atomic E-state index is 13.9. The quantitative estimate of drug-likeness (QED) is 0.543. The lowest BCUT2D eigenvalue weighted by Crippen LogP contribution is -2.47. The summed E-state index contributed by atoms with van der Waals surface area (Å²) in [5, 5.41) is 6.51. The van der Waals surface area contributed by atoms with Crippen molar-refractivity contribution in [1.29, 1.82) is 0 Å². The van der Waals surface area contributed by atoms with Gasteiger partial charge in [0.2, 0.25) is 0 Å². The van der Waals surface area contributed by atoms with Crippen LogP contribution in [0.4, 0.5) is 4.39 Å². The zero-order valence-electron chi connectivity index (χ0n) is 17.6. The summed E-state index contributed by atoms with van der Waals surface area (Å²) < 4.78 is 45.3. The van der Waals surface area contributed by atoms with E-state index in [0.717, 1.165) is 49.5 Å². The highest BCUT2D eigenvalue weighted by atomic mass is 32.2. The van der Waals surface area contributed by atoms with E-state index in [2.05, 4.69) is 15.6 Å². The summed E-state index contributed by atoms with van der Waals surface area (Å²) >= 11 is 0. The molecular weight excluding hydrogens is 417 g/mol. The molecule has 1 spiro atoms. The maximum Gasteiger partial charge on any atom is 0.191 e. The summed E-state index contributed by atoms with van der Waals surface area (Å²) in [6.45, 7) is 0.117. The number of rotatable bonds is 5. The van der Waals surface area contributed by atoms with Gasteiger partial charge in [-0.15, -0.1) is 0 Å². The van der Waals surface area contributed by atoms with E-state index in [9.17, 15) is 12.8 Å². The van der Waals surface area contributed by atoms with Gasteiger partial charge in [0.05, 0.1) is 11.8 Å². The van der Waals surface area contributed by atoms with Gasteiger partial charge in [0, 0.05) is 25.6 Å². The molecule has 166 valence electrons. The number of hydrogen-bond donors (Lipinski definition) is 2. The molecule has 8 heteroatoms. The number of halogens is 1. The largest absolute Gasteiger partial charge is 0.487 e. The molecule has 2 aromatic carbocycles. The number of nitrogens with one attached hydrogen (secondary N) is 2. The van der Waals surface area contributed by atoms with Gasteiger partial charge in [0.15, 0.2) is 15.8 Å². The van der Waals surface area contributed by atoms with E-state index < -0.39 is 15.7 Å². The molecule has 2 aliphatic rings. The topological polar surface area (TPSA) is 79.8 Å². The molecule has 1 aliphatic carbocycles. The van der Waals surface area contributed by atoms with Crippen molar-refractivity contribution in [3.8, 4) is 5.75 Å². The van der Waals surface area contributed by atoms with Gasteiger partial charge in [-0.1, -0.05) is 30.3 Å². The second kappa shape index (κ2) is 8.86. The van der Waals surface area contributed by atoms with Crippen molar-refractivity contribution >= 4 is 15.8 Å². The van der Waals surface area contributed by atoms with Gasteiger partial charge in [0.25, 0.3) is 0 Å². The first-order valence-electron chi connectivity index (χ1n) is 10.6. The monoisotopic (exact) mass is 445 g/mol. The lowest BCUT2D eigenvalue weighted by Gasteiger charge is -2.40. The third-order valence-electron chi connectivity index (χ3n) is 6.08. The molecule has 0 amide bonds. The minimum absolute atomic E-state index is 0.0115. The van der Waals surface area contributed by atoms with E-state index in [1.807, 2.05) is 24.3 Å². The van der Waals surface area contributed by atoms with Crippen LogP contribution in [0.5, 0.6) is 5.75 Å². The first kappa shape index (κ1) is 21.6. The van der Waals surface area contributed by atoms with Gasteiger partial charge in [0.1, 0.15) is 22.1 Å².